The van der Waals surface area contributed by atoms with E-state index in [0.29, 0.717) is 5.75 Å². The molecular formula is C14H14FNO4S. The largest absolute Gasteiger partial charge is 0.497 e. The van der Waals surface area contributed by atoms with Gasteiger partial charge in [0, 0.05) is 6.07 Å². The topological polar surface area (TPSA) is 64.6 Å². The molecule has 21 heavy (non-hydrogen) atoms. The van der Waals surface area contributed by atoms with Crippen LogP contribution in [-0.4, -0.2) is 22.6 Å². The predicted octanol–water partition coefficient (Wildman–Crippen LogP) is 2.64. The van der Waals surface area contributed by atoms with Crippen LogP contribution in [0.25, 0.3) is 0 Å². The molecule has 2 aromatic carbocycles. The van der Waals surface area contributed by atoms with Crippen LogP contribution >= 0.6 is 0 Å². The zero-order valence-electron chi connectivity index (χ0n) is 11.5. The Bertz CT molecular complexity index is 746. The van der Waals surface area contributed by atoms with E-state index in [2.05, 4.69) is 4.72 Å². The monoisotopic (exact) mass is 311 g/mol. The molecule has 0 bridgehead atoms. The van der Waals surface area contributed by atoms with Crippen LogP contribution in [0.1, 0.15) is 0 Å². The second kappa shape index (κ2) is 6.01. The number of nitrogens with one attached hydrogen (secondary N) is 1. The summed E-state index contributed by atoms with van der Waals surface area (Å²) in [5, 5.41) is 0. The molecule has 7 heteroatoms. The maximum atomic E-state index is 13.6. The molecule has 2 rings (SSSR count). The molecule has 5 nitrogen and oxygen atoms in total. The Hall–Kier alpha value is -2.28. The van der Waals surface area contributed by atoms with Gasteiger partial charge in [0.2, 0.25) is 0 Å². The molecule has 0 heterocycles. The first-order chi connectivity index (χ1) is 9.97. The molecule has 0 atom stereocenters. The van der Waals surface area contributed by atoms with Crippen molar-refractivity contribution in [1.82, 2.24) is 0 Å². The summed E-state index contributed by atoms with van der Waals surface area (Å²) in [6, 6.07) is 9.77. The molecule has 0 aliphatic carbocycles. The number of halogens is 1. The molecular weight excluding hydrogens is 297 g/mol. The van der Waals surface area contributed by atoms with E-state index >= 15 is 0 Å². The van der Waals surface area contributed by atoms with Gasteiger partial charge < -0.3 is 9.47 Å². The van der Waals surface area contributed by atoms with Gasteiger partial charge >= 0.3 is 0 Å². The lowest BCUT2D eigenvalue weighted by molar-refractivity contribution is 0.386. The number of methoxy groups -OCH3 is 2. The summed E-state index contributed by atoms with van der Waals surface area (Å²) in [6.45, 7) is 0. The van der Waals surface area contributed by atoms with Crippen LogP contribution in [0.5, 0.6) is 11.5 Å². The van der Waals surface area contributed by atoms with Crippen LogP contribution in [-0.2, 0) is 10.0 Å². The third-order valence-electron chi connectivity index (χ3n) is 2.78. The standard InChI is InChI=1S/C14H14FNO4S/c1-19-10-7-8-14(13(9-10)20-2)21(17,18)16-12-6-4-3-5-11(12)15/h3-9,16H,1-2H3. The van der Waals surface area contributed by atoms with Crippen molar-refractivity contribution >= 4 is 15.7 Å². The molecule has 0 aromatic heterocycles. The summed E-state index contributed by atoms with van der Waals surface area (Å²) >= 11 is 0. The highest BCUT2D eigenvalue weighted by atomic mass is 32.2. The van der Waals surface area contributed by atoms with E-state index in [9.17, 15) is 12.8 Å². The average Bonchev–Trinajstić information content (AvgIpc) is 2.48. The van der Waals surface area contributed by atoms with Crippen molar-refractivity contribution in [2.24, 2.45) is 0 Å². The third-order valence-corrected chi connectivity index (χ3v) is 4.18. The minimum absolute atomic E-state index is 0.103. The quantitative estimate of drug-likeness (QED) is 0.922. The van der Waals surface area contributed by atoms with Crippen LogP contribution in [0.2, 0.25) is 0 Å². The lowest BCUT2D eigenvalue weighted by Crippen LogP contribution is -2.15. The molecule has 0 spiro atoms. The maximum Gasteiger partial charge on any atom is 0.265 e. The van der Waals surface area contributed by atoms with Gasteiger partial charge in [-0.15, -0.1) is 0 Å². The molecule has 112 valence electrons. The van der Waals surface area contributed by atoms with Gasteiger partial charge in [-0.1, -0.05) is 12.1 Å². The fourth-order valence-corrected chi connectivity index (χ4v) is 2.96. The van der Waals surface area contributed by atoms with Gasteiger partial charge in [0.05, 0.1) is 19.9 Å². The van der Waals surface area contributed by atoms with Crippen molar-refractivity contribution in [3.8, 4) is 11.5 Å². The second-order valence-electron chi connectivity index (χ2n) is 4.10. The highest BCUT2D eigenvalue weighted by molar-refractivity contribution is 7.92. The van der Waals surface area contributed by atoms with E-state index in [4.69, 9.17) is 9.47 Å². The van der Waals surface area contributed by atoms with Crippen molar-refractivity contribution in [2.75, 3.05) is 18.9 Å². The Labute approximate surface area is 122 Å². The molecule has 0 radical (unpaired) electrons. The van der Waals surface area contributed by atoms with Gasteiger partial charge in [-0.3, -0.25) is 4.72 Å². The molecule has 0 amide bonds. The molecule has 1 N–H and O–H groups in total. The predicted molar refractivity (Wildman–Crippen MR) is 76.8 cm³/mol. The van der Waals surface area contributed by atoms with Gasteiger partial charge in [0.15, 0.2) is 0 Å². The molecule has 0 saturated heterocycles. The Morgan fingerprint density at radius 1 is 1.05 bits per heavy atom. The fraction of sp³-hybridized carbons (Fsp3) is 0.143. The summed E-state index contributed by atoms with van der Waals surface area (Å²) in [5.41, 5.74) is -0.129. The van der Waals surface area contributed by atoms with Crippen LogP contribution in [0, 0.1) is 5.82 Å². The fourth-order valence-electron chi connectivity index (χ4n) is 1.74. The summed E-state index contributed by atoms with van der Waals surface area (Å²) in [4.78, 5) is -0.103. The number of para-hydroxylation sites is 1. The van der Waals surface area contributed by atoms with Gasteiger partial charge in [-0.2, -0.15) is 0 Å². The minimum Gasteiger partial charge on any atom is -0.497 e. The minimum atomic E-state index is -3.97. The number of hydrogen-bond donors (Lipinski definition) is 1. The lowest BCUT2D eigenvalue weighted by Gasteiger charge is -2.13. The van der Waals surface area contributed by atoms with E-state index in [1.165, 1.54) is 56.7 Å². The van der Waals surface area contributed by atoms with E-state index in [1.807, 2.05) is 0 Å². The maximum absolute atomic E-state index is 13.6. The molecule has 0 unspecified atom stereocenters. The SMILES string of the molecule is COc1ccc(S(=O)(=O)Nc2ccccc2F)c(OC)c1. The highest BCUT2D eigenvalue weighted by Gasteiger charge is 2.21. The number of rotatable bonds is 5. The van der Waals surface area contributed by atoms with E-state index in [0.717, 1.165) is 0 Å². The number of anilines is 1. The summed E-state index contributed by atoms with van der Waals surface area (Å²) < 4.78 is 50.5. The second-order valence-corrected chi connectivity index (χ2v) is 5.75. The van der Waals surface area contributed by atoms with Crippen LogP contribution < -0.4 is 14.2 Å². The molecule has 0 saturated carbocycles. The Morgan fingerprint density at radius 2 is 1.76 bits per heavy atom. The average molecular weight is 311 g/mol. The number of ether oxygens (including phenoxy) is 2. The smallest absolute Gasteiger partial charge is 0.265 e. The van der Waals surface area contributed by atoms with Crippen molar-refractivity contribution in [3.05, 3.63) is 48.3 Å². The van der Waals surface area contributed by atoms with Gasteiger partial charge in [-0.25, -0.2) is 12.8 Å². The number of sulfonamides is 1. The first kappa shape index (κ1) is 15.1. The summed E-state index contributed by atoms with van der Waals surface area (Å²) in [7, 11) is -1.17. The summed E-state index contributed by atoms with van der Waals surface area (Å²) in [5.74, 6) is -0.0940. The molecule has 0 fully saturated rings. The van der Waals surface area contributed by atoms with Crippen molar-refractivity contribution in [1.29, 1.82) is 0 Å². The lowest BCUT2D eigenvalue weighted by atomic mass is 10.3. The van der Waals surface area contributed by atoms with Gasteiger partial charge in [0.1, 0.15) is 22.2 Å². The van der Waals surface area contributed by atoms with Crippen LogP contribution in [0.3, 0.4) is 0 Å². The third kappa shape index (κ3) is 3.25. The van der Waals surface area contributed by atoms with Gasteiger partial charge in [0.25, 0.3) is 10.0 Å². The summed E-state index contributed by atoms with van der Waals surface area (Å²) in [6.07, 6.45) is 0. The zero-order valence-corrected chi connectivity index (χ0v) is 12.3. The molecule has 0 aliphatic rings. The van der Waals surface area contributed by atoms with Crippen molar-refractivity contribution in [2.45, 2.75) is 4.90 Å². The van der Waals surface area contributed by atoms with Crippen LogP contribution in [0.4, 0.5) is 10.1 Å². The van der Waals surface area contributed by atoms with Gasteiger partial charge in [-0.05, 0) is 24.3 Å². The van der Waals surface area contributed by atoms with E-state index in [1.54, 1.807) is 0 Å². The highest BCUT2D eigenvalue weighted by Crippen LogP contribution is 2.30. The first-order valence-electron chi connectivity index (χ1n) is 5.97. The van der Waals surface area contributed by atoms with Crippen LogP contribution in [0.15, 0.2) is 47.4 Å². The Morgan fingerprint density at radius 3 is 2.38 bits per heavy atom. The number of benzene rings is 2. The first-order valence-corrected chi connectivity index (χ1v) is 7.45. The van der Waals surface area contributed by atoms with Crippen molar-refractivity contribution in [3.63, 3.8) is 0 Å². The normalized spacial score (nSPS) is 11.0. The zero-order chi connectivity index (χ0) is 15.5. The Kier molecular flexibility index (Phi) is 4.32. The Balaban J connectivity index is 2.42. The number of hydrogen-bond acceptors (Lipinski definition) is 4. The van der Waals surface area contributed by atoms with E-state index in [-0.39, 0.29) is 16.3 Å². The van der Waals surface area contributed by atoms with Crippen molar-refractivity contribution < 1.29 is 22.3 Å². The molecule has 0 aliphatic heterocycles. The molecule has 2 aromatic rings. The van der Waals surface area contributed by atoms with E-state index < -0.39 is 15.8 Å².